The summed E-state index contributed by atoms with van der Waals surface area (Å²) in [6.07, 6.45) is -0.0738. The highest BCUT2D eigenvalue weighted by Gasteiger charge is 2.56. The predicted octanol–water partition coefficient (Wildman–Crippen LogP) is 2.14. The molecule has 0 radical (unpaired) electrons. The van der Waals surface area contributed by atoms with E-state index < -0.39 is 32.0 Å². The molecule has 2 aromatic heterocycles. The predicted molar refractivity (Wildman–Crippen MR) is 113 cm³/mol. The van der Waals surface area contributed by atoms with Gasteiger partial charge in [0.1, 0.15) is 18.3 Å². The molecule has 0 saturated carbocycles. The van der Waals surface area contributed by atoms with Crippen LogP contribution < -0.4 is 11.3 Å². The number of fused-ring (bicyclic) bond motifs is 2. The number of ether oxygens (including phenoxy) is 3. The monoisotopic (exact) mass is 437 g/mol. The largest absolute Gasteiger partial charge is 0.414 e. The first-order chi connectivity index (χ1) is 13.8. The summed E-state index contributed by atoms with van der Waals surface area (Å²) in [6.45, 7) is 15.2. The number of hydrogen-bond donors (Lipinski definition) is 2. The lowest BCUT2D eigenvalue weighted by Crippen LogP contribution is -2.44. The molecule has 2 aliphatic heterocycles. The lowest BCUT2D eigenvalue weighted by molar-refractivity contribution is -0.199. The first-order valence-electron chi connectivity index (χ1n) is 10.2. The fourth-order valence-corrected chi connectivity index (χ4v) is 4.67. The molecule has 166 valence electrons. The van der Waals surface area contributed by atoms with Gasteiger partial charge in [-0.05, 0) is 32.0 Å². The zero-order valence-corrected chi connectivity index (χ0v) is 19.6. The Hall–Kier alpha value is -1.79. The minimum atomic E-state index is -1.97. The van der Waals surface area contributed by atoms with Gasteiger partial charge in [-0.25, -0.2) is 4.98 Å². The zero-order valence-electron chi connectivity index (χ0n) is 18.6. The van der Waals surface area contributed by atoms with Gasteiger partial charge in [0.2, 0.25) is 5.95 Å². The molecule has 0 amide bonds. The van der Waals surface area contributed by atoms with Gasteiger partial charge in [-0.1, -0.05) is 20.8 Å². The van der Waals surface area contributed by atoms with Crippen molar-refractivity contribution in [3.63, 3.8) is 0 Å². The highest BCUT2D eigenvalue weighted by molar-refractivity contribution is 6.74. The van der Waals surface area contributed by atoms with Gasteiger partial charge in [0.05, 0.1) is 12.9 Å². The van der Waals surface area contributed by atoms with Crippen LogP contribution in [0.3, 0.4) is 0 Å². The van der Waals surface area contributed by atoms with Crippen LogP contribution in [-0.4, -0.2) is 58.5 Å². The van der Waals surface area contributed by atoms with Crippen LogP contribution in [0.25, 0.3) is 11.2 Å². The first kappa shape index (κ1) is 21.4. The van der Waals surface area contributed by atoms with Gasteiger partial charge in [-0.3, -0.25) is 14.3 Å². The third-order valence-corrected chi connectivity index (χ3v) is 10.8. The van der Waals surface area contributed by atoms with E-state index in [0.717, 1.165) is 0 Å². The number of nitrogens with zero attached hydrogens (tertiary/aromatic N) is 3. The minimum absolute atomic E-state index is 0.0190. The molecular formula is C19H31N5O5Si. The van der Waals surface area contributed by atoms with Crippen molar-refractivity contribution in [1.29, 1.82) is 0 Å². The van der Waals surface area contributed by atoms with Crippen LogP contribution in [-0.2, 0) is 18.6 Å². The number of imidazole rings is 1. The Kier molecular flexibility index (Phi) is 4.90. The molecule has 0 spiro atoms. The molecule has 4 rings (SSSR count). The smallest absolute Gasteiger partial charge is 0.280 e. The van der Waals surface area contributed by atoms with E-state index >= 15 is 0 Å². The van der Waals surface area contributed by atoms with Crippen molar-refractivity contribution >= 4 is 25.4 Å². The van der Waals surface area contributed by atoms with Crippen molar-refractivity contribution in [3.8, 4) is 0 Å². The Bertz CT molecular complexity index is 1010. The molecule has 0 aliphatic carbocycles. The number of nitrogens with one attached hydrogen (secondary N) is 1. The Morgan fingerprint density at radius 1 is 1.30 bits per heavy atom. The molecule has 2 aliphatic rings. The Morgan fingerprint density at radius 3 is 2.63 bits per heavy atom. The van der Waals surface area contributed by atoms with Crippen LogP contribution in [0, 0.1) is 0 Å². The van der Waals surface area contributed by atoms with Crippen molar-refractivity contribution in [3.05, 3.63) is 16.7 Å². The maximum absolute atomic E-state index is 12.2. The molecule has 30 heavy (non-hydrogen) atoms. The molecule has 11 heteroatoms. The molecule has 3 N–H and O–H groups in total. The second-order valence-electron chi connectivity index (χ2n) is 9.98. The third kappa shape index (κ3) is 3.58. The molecule has 0 aromatic carbocycles. The fourth-order valence-electron chi connectivity index (χ4n) is 3.65. The van der Waals surface area contributed by atoms with Crippen LogP contribution in [0.4, 0.5) is 5.95 Å². The van der Waals surface area contributed by atoms with E-state index in [1.165, 1.54) is 6.33 Å². The van der Waals surface area contributed by atoms with Gasteiger partial charge in [0.15, 0.2) is 31.5 Å². The van der Waals surface area contributed by atoms with E-state index in [2.05, 4.69) is 48.8 Å². The molecule has 2 saturated heterocycles. The van der Waals surface area contributed by atoms with E-state index in [9.17, 15) is 4.79 Å². The maximum Gasteiger partial charge on any atom is 0.280 e. The number of aromatic amines is 1. The van der Waals surface area contributed by atoms with Crippen molar-refractivity contribution in [2.75, 3.05) is 12.3 Å². The molecule has 2 fully saturated rings. The standard InChI is InChI=1S/C19H31N5O5Si/c1-18(2,3)30(6,7)26-8-10-12-13(29-19(4,5)28-12)16(27-10)24-9-21-11-14(24)22-17(20)23-15(11)25/h9-10,12-13,16H,8H2,1-7H3,(H3,20,22,23,25)/t10-,12-,13-,16-/m1/s1. The quantitative estimate of drug-likeness (QED) is 0.697. The number of nitrogen functional groups attached to an aromatic ring is 1. The summed E-state index contributed by atoms with van der Waals surface area (Å²) >= 11 is 0. The number of nitrogens with two attached hydrogens (primary N) is 1. The van der Waals surface area contributed by atoms with Gasteiger partial charge >= 0.3 is 0 Å². The molecular weight excluding hydrogens is 406 g/mol. The Labute approximate surface area is 176 Å². The van der Waals surface area contributed by atoms with E-state index in [1.807, 2.05) is 13.8 Å². The summed E-state index contributed by atoms with van der Waals surface area (Å²) in [6, 6.07) is 0. The number of aromatic nitrogens is 4. The lowest BCUT2D eigenvalue weighted by atomic mass is 10.1. The first-order valence-corrected chi connectivity index (χ1v) is 13.1. The summed E-state index contributed by atoms with van der Waals surface area (Å²) in [5.74, 6) is -0.738. The highest BCUT2D eigenvalue weighted by Crippen LogP contribution is 2.44. The van der Waals surface area contributed by atoms with Crippen LogP contribution in [0.15, 0.2) is 11.1 Å². The van der Waals surface area contributed by atoms with Crippen molar-refractivity contribution < 1.29 is 18.6 Å². The summed E-state index contributed by atoms with van der Waals surface area (Å²) < 4.78 is 26.8. The van der Waals surface area contributed by atoms with Crippen LogP contribution in [0.5, 0.6) is 0 Å². The number of rotatable bonds is 4. The van der Waals surface area contributed by atoms with Crippen LogP contribution >= 0.6 is 0 Å². The minimum Gasteiger partial charge on any atom is -0.414 e. The molecule has 4 atom stereocenters. The number of anilines is 1. The average Bonchev–Trinajstić information content (AvgIpc) is 3.23. The Balaban J connectivity index is 1.65. The zero-order chi connectivity index (χ0) is 22.1. The molecule has 2 aromatic rings. The second kappa shape index (κ2) is 6.86. The number of H-pyrrole nitrogens is 1. The highest BCUT2D eigenvalue weighted by atomic mass is 28.4. The topological polar surface area (TPSA) is 127 Å². The normalized spacial score (nSPS) is 28.9. The summed E-state index contributed by atoms with van der Waals surface area (Å²) in [5.41, 5.74) is 5.89. The van der Waals surface area contributed by atoms with E-state index in [4.69, 9.17) is 24.4 Å². The molecule has 10 nitrogen and oxygen atoms in total. The van der Waals surface area contributed by atoms with Crippen molar-refractivity contribution in [2.24, 2.45) is 0 Å². The van der Waals surface area contributed by atoms with Gasteiger partial charge in [-0.2, -0.15) is 4.98 Å². The number of hydrogen-bond acceptors (Lipinski definition) is 8. The summed E-state index contributed by atoms with van der Waals surface area (Å²) in [7, 11) is -1.97. The van der Waals surface area contributed by atoms with Crippen molar-refractivity contribution in [2.45, 2.75) is 83.1 Å². The van der Waals surface area contributed by atoms with Gasteiger partial charge in [-0.15, -0.1) is 0 Å². The summed E-state index contributed by atoms with van der Waals surface area (Å²) in [4.78, 5) is 23.1. The fraction of sp³-hybridized carbons (Fsp3) is 0.737. The van der Waals surface area contributed by atoms with Gasteiger partial charge in [0, 0.05) is 0 Å². The second-order valence-corrected chi connectivity index (χ2v) is 14.8. The maximum atomic E-state index is 12.2. The molecule has 0 bridgehead atoms. The summed E-state index contributed by atoms with van der Waals surface area (Å²) in [5, 5.41) is 0.0831. The average molecular weight is 438 g/mol. The van der Waals surface area contributed by atoms with Gasteiger partial charge < -0.3 is 24.4 Å². The third-order valence-electron chi connectivity index (χ3n) is 6.26. The molecule has 4 heterocycles. The van der Waals surface area contributed by atoms with Crippen LogP contribution in [0.1, 0.15) is 40.8 Å². The SMILES string of the molecule is CC1(C)O[C@@H]2[C@H](O1)[C@@H](CO[Si](C)(C)C(C)(C)C)O[C@H]2n1cnc2c(=O)[nH]c(N)nc21. The lowest BCUT2D eigenvalue weighted by Gasteiger charge is -2.37. The van der Waals surface area contributed by atoms with Crippen molar-refractivity contribution in [1.82, 2.24) is 19.5 Å². The van der Waals surface area contributed by atoms with E-state index in [1.54, 1.807) is 4.57 Å². The molecule has 0 unspecified atom stereocenters. The van der Waals surface area contributed by atoms with Crippen LogP contribution in [0.2, 0.25) is 18.1 Å². The van der Waals surface area contributed by atoms with E-state index in [-0.39, 0.29) is 28.7 Å². The van der Waals surface area contributed by atoms with Gasteiger partial charge in [0.25, 0.3) is 5.56 Å². The Morgan fingerprint density at radius 2 is 1.97 bits per heavy atom. The van der Waals surface area contributed by atoms with E-state index in [0.29, 0.717) is 12.3 Å².